The fourth-order valence-electron chi connectivity index (χ4n) is 9.64. The minimum Gasteiger partial charge on any atom is -0.507 e. The van der Waals surface area contributed by atoms with Crippen molar-refractivity contribution in [3.8, 4) is 11.6 Å². The molecule has 1 aromatic heterocycles. The third kappa shape index (κ3) is 6.78. The van der Waals surface area contributed by atoms with E-state index in [0.29, 0.717) is 31.9 Å². The Labute approximate surface area is 352 Å². The highest BCUT2D eigenvalue weighted by atomic mass is 19.1. The number of fused-ring (bicyclic) bond motifs is 4. The summed E-state index contributed by atoms with van der Waals surface area (Å²) in [4.78, 5) is 34.0. The van der Waals surface area contributed by atoms with Crippen LogP contribution in [0.5, 0.6) is 11.6 Å². The Morgan fingerprint density at radius 2 is 1.33 bits per heavy atom. The monoisotopic (exact) mass is 817 g/mol. The average Bonchev–Trinajstić information content (AvgIpc) is 3.69. The predicted molar refractivity (Wildman–Crippen MR) is 225 cm³/mol. The zero-order valence-corrected chi connectivity index (χ0v) is 33.4. The summed E-state index contributed by atoms with van der Waals surface area (Å²) in [6.07, 6.45) is 1.02. The fourth-order valence-corrected chi connectivity index (χ4v) is 9.64. The smallest absolute Gasteiger partial charge is 0.265 e. The molecule has 4 aliphatic rings. The summed E-state index contributed by atoms with van der Waals surface area (Å²) in [7, 11) is 0. The van der Waals surface area contributed by atoms with E-state index in [1.165, 1.54) is 6.07 Å². The zero-order valence-electron chi connectivity index (χ0n) is 33.4. The van der Waals surface area contributed by atoms with Crippen LogP contribution in [0.4, 0.5) is 10.1 Å². The Hall–Kier alpha value is -6.56. The predicted octanol–water partition coefficient (Wildman–Crippen LogP) is 8.58. The maximum atomic E-state index is 17.0. The van der Waals surface area contributed by atoms with Crippen LogP contribution in [-0.2, 0) is 37.5 Å². The number of Topliss-reactive ketones (excluding diaryl/α,β-unsaturated/α-hetero) is 2. The van der Waals surface area contributed by atoms with Crippen molar-refractivity contribution in [2.45, 2.75) is 57.2 Å². The lowest BCUT2D eigenvalue weighted by Gasteiger charge is -2.52. The molecule has 2 heterocycles. The van der Waals surface area contributed by atoms with E-state index in [1.54, 1.807) is 0 Å². The van der Waals surface area contributed by atoms with Gasteiger partial charge >= 0.3 is 0 Å². The maximum Gasteiger partial charge on any atom is 0.265 e. The number of carbonyl (C=O) groups is 2. The molecule has 2 fully saturated rings. The Morgan fingerprint density at radius 1 is 0.770 bits per heavy atom. The van der Waals surface area contributed by atoms with Crippen LogP contribution in [0.2, 0.25) is 0 Å². The van der Waals surface area contributed by atoms with Gasteiger partial charge in [0.25, 0.3) is 5.88 Å². The van der Waals surface area contributed by atoms with Crippen LogP contribution >= 0.6 is 0 Å². The number of ketones is 2. The van der Waals surface area contributed by atoms with Crippen molar-refractivity contribution >= 4 is 23.0 Å². The molecule has 5 aromatic carbocycles. The van der Waals surface area contributed by atoms with Crippen molar-refractivity contribution in [2.24, 2.45) is 11.8 Å². The summed E-state index contributed by atoms with van der Waals surface area (Å²) in [6, 6.07) is 39.3. The number of hydrogen-bond donors (Lipinski definition) is 2. The summed E-state index contributed by atoms with van der Waals surface area (Å²) in [5.74, 6) is -4.21. The first-order valence-electron chi connectivity index (χ1n) is 20.8. The zero-order chi connectivity index (χ0) is 41.7. The largest absolute Gasteiger partial charge is 0.507 e. The van der Waals surface area contributed by atoms with Crippen molar-refractivity contribution in [3.63, 3.8) is 0 Å². The molecule has 2 N–H and O–H groups in total. The maximum absolute atomic E-state index is 17.0. The number of aliphatic hydroxyl groups excluding tert-OH is 1. The lowest BCUT2D eigenvalue weighted by atomic mass is 9.57. The van der Waals surface area contributed by atoms with Gasteiger partial charge in [0.15, 0.2) is 17.1 Å². The number of benzene rings is 5. The van der Waals surface area contributed by atoms with Gasteiger partial charge in [-0.3, -0.25) is 14.5 Å². The fraction of sp³-hybridized carbons (Fsp3) is 0.260. The number of carbonyl (C=O) groups excluding carboxylic acids is 2. The van der Waals surface area contributed by atoms with Gasteiger partial charge in [-0.25, -0.2) is 4.39 Å². The lowest BCUT2D eigenvalue weighted by molar-refractivity contribution is -0.145. The second kappa shape index (κ2) is 15.8. The second-order valence-electron chi connectivity index (χ2n) is 16.4. The van der Waals surface area contributed by atoms with Crippen molar-refractivity contribution in [3.05, 3.63) is 183 Å². The second-order valence-corrected chi connectivity index (χ2v) is 16.4. The van der Waals surface area contributed by atoms with E-state index in [9.17, 15) is 15.0 Å². The SMILES string of the molecule is O=C1C2=C(O)c3c(c(F)cc(N(Cc4ccccc4)Cc4ccccc4)c3OCc3ccccc3)C[C@H]2C[C@H]2[C@H](N3CCC3)c3onc(OCc4ccccc4)c3C(=O)[C@@]12O. The summed E-state index contributed by atoms with van der Waals surface area (Å²) >= 11 is 0. The molecule has 3 aliphatic carbocycles. The van der Waals surface area contributed by atoms with Gasteiger partial charge < -0.3 is 29.1 Å². The summed E-state index contributed by atoms with van der Waals surface area (Å²) < 4.78 is 35.6. The minimum atomic E-state index is -2.59. The molecule has 6 aromatic rings. The number of aromatic nitrogens is 1. The molecule has 1 saturated carbocycles. The molecular weight excluding hydrogens is 774 g/mol. The molecule has 0 bridgehead atoms. The molecule has 0 amide bonds. The molecule has 0 radical (unpaired) electrons. The van der Waals surface area contributed by atoms with Crippen LogP contribution < -0.4 is 14.4 Å². The summed E-state index contributed by atoms with van der Waals surface area (Å²) in [5.41, 5.74) is 1.45. The molecule has 0 unspecified atom stereocenters. The van der Waals surface area contributed by atoms with Crippen LogP contribution in [0.25, 0.3) is 5.76 Å². The van der Waals surface area contributed by atoms with Crippen molar-refractivity contribution in [1.82, 2.24) is 10.1 Å². The quantitative estimate of drug-likeness (QED) is 0.116. The Balaban J connectivity index is 1.10. The third-order valence-electron chi connectivity index (χ3n) is 12.7. The Kier molecular flexibility index (Phi) is 10.0. The summed E-state index contributed by atoms with van der Waals surface area (Å²) in [6.45, 7) is 2.22. The first kappa shape index (κ1) is 38.6. The number of halogens is 1. The normalized spacial score (nSPS) is 21.8. The average molecular weight is 818 g/mol. The number of nitrogens with zero attached hydrogens (tertiary/aromatic N) is 3. The van der Waals surface area contributed by atoms with Gasteiger partial charge in [0.1, 0.15) is 30.4 Å². The Morgan fingerprint density at radius 3 is 1.89 bits per heavy atom. The molecule has 1 saturated heterocycles. The van der Waals surface area contributed by atoms with Crippen molar-refractivity contribution in [1.29, 1.82) is 0 Å². The van der Waals surface area contributed by atoms with E-state index in [0.717, 1.165) is 28.7 Å². The number of aliphatic hydroxyl groups is 2. The van der Waals surface area contributed by atoms with E-state index < -0.39 is 46.6 Å². The Bertz CT molecular complexity index is 2590. The molecular formula is C50H44FN3O7. The third-order valence-corrected chi connectivity index (χ3v) is 12.7. The van der Waals surface area contributed by atoms with Gasteiger partial charge in [-0.2, -0.15) is 0 Å². The van der Waals surface area contributed by atoms with Crippen LogP contribution in [0.3, 0.4) is 0 Å². The molecule has 1 aliphatic heterocycles. The van der Waals surface area contributed by atoms with E-state index in [1.807, 2.05) is 126 Å². The van der Waals surface area contributed by atoms with Crippen LogP contribution in [-0.4, -0.2) is 50.5 Å². The van der Waals surface area contributed by atoms with Gasteiger partial charge in [-0.15, -0.1) is 0 Å². The molecule has 10 nitrogen and oxygen atoms in total. The minimum absolute atomic E-state index is 0.0356. The standard InChI is InChI=1S/C50H44FN3O7/c51-38-26-39(54(27-31-14-5-1-6-15-31)28-32-16-7-2-8-17-32)45(59-29-33-18-9-3-10-19-33)41-36(38)24-35-25-37-43(53-22-13-23-53)46-42(48(57)50(37,58)47(56)40(35)44(41)55)49(52-61-46)60-30-34-20-11-4-12-21-34/h1-12,14-21,26,35,37,43,55,58H,13,22-25,27-30H2/t35-,37-,43-,50-/m0/s1. The van der Waals surface area contributed by atoms with E-state index in [-0.39, 0.29) is 65.7 Å². The molecule has 4 atom stereocenters. The number of hydrogen-bond acceptors (Lipinski definition) is 10. The van der Waals surface area contributed by atoms with Gasteiger partial charge in [0.2, 0.25) is 11.6 Å². The van der Waals surface area contributed by atoms with Gasteiger partial charge in [-0.1, -0.05) is 121 Å². The lowest BCUT2D eigenvalue weighted by Crippen LogP contribution is -2.64. The molecule has 0 spiro atoms. The highest BCUT2D eigenvalue weighted by Crippen LogP contribution is 2.58. The first-order chi connectivity index (χ1) is 29.8. The highest BCUT2D eigenvalue weighted by Gasteiger charge is 2.66. The topological polar surface area (TPSA) is 126 Å². The van der Waals surface area contributed by atoms with Crippen molar-refractivity contribution in [2.75, 3.05) is 18.0 Å². The molecule has 10 rings (SSSR count). The molecule has 308 valence electrons. The number of anilines is 1. The number of ether oxygens (including phenoxy) is 2. The number of rotatable bonds is 12. The highest BCUT2D eigenvalue weighted by molar-refractivity contribution is 6.26. The van der Waals surface area contributed by atoms with E-state index in [4.69, 9.17) is 14.0 Å². The van der Waals surface area contributed by atoms with Gasteiger partial charge in [0.05, 0.1) is 17.3 Å². The van der Waals surface area contributed by atoms with Crippen molar-refractivity contribution < 1.29 is 38.2 Å². The van der Waals surface area contributed by atoms with Gasteiger partial charge in [-0.05, 0) is 52.6 Å². The first-order valence-corrected chi connectivity index (χ1v) is 20.8. The van der Waals surface area contributed by atoms with E-state index in [2.05, 4.69) is 10.1 Å². The molecule has 11 heteroatoms. The van der Waals surface area contributed by atoms with Crippen LogP contribution in [0, 0.1) is 17.7 Å². The number of likely N-dealkylation sites (tertiary alicyclic amines) is 1. The molecule has 61 heavy (non-hydrogen) atoms. The summed E-state index contributed by atoms with van der Waals surface area (Å²) in [5, 5.41) is 29.5. The van der Waals surface area contributed by atoms with Crippen LogP contribution in [0.15, 0.2) is 137 Å². The van der Waals surface area contributed by atoms with Crippen LogP contribution in [0.1, 0.15) is 68.4 Å². The van der Waals surface area contributed by atoms with Gasteiger partial charge in [0, 0.05) is 49.3 Å². The van der Waals surface area contributed by atoms with E-state index >= 15 is 9.18 Å².